The van der Waals surface area contributed by atoms with Gasteiger partial charge in [0, 0.05) is 12.8 Å². The van der Waals surface area contributed by atoms with E-state index in [0.717, 1.165) is 38.5 Å². The van der Waals surface area contributed by atoms with Crippen molar-refractivity contribution in [3.63, 3.8) is 0 Å². The molecule has 0 amide bonds. The molecule has 0 aliphatic heterocycles. The van der Waals surface area contributed by atoms with Crippen molar-refractivity contribution in [3.05, 3.63) is 23.8 Å². The third-order valence-electron chi connectivity index (χ3n) is 6.57. The van der Waals surface area contributed by atoms with Crippen molar-refractivity contribution in [1.29, 1.82) is 0 Å². The first-order valence-corrected chi connectivity index (χ1v) is 14.7. The van der Waals surface area contributed by atoms with Crippen LogP contribution < -0.4 is 15.2 Å². The fraction of sp³-hybridized carbons (Fsp3) is 0.677. The van der Waals surface area contributed by atoms with Crippen molar-refractivity contribution in [1.82, 2.24) is 0 Å². The molecule has 1 rings (SSSR count). The topological polar surface area (TPSA) is 131 Å². The average Bonchev–Trinajstić information content (AvgIpc) is 2.90. The molecule has 1 aromatic rings. The van der Waals surface area contributed by atoms with Gasteiger partial charge in [0.15, 0.2) is 11.5 Å². The van der Waals surface area contributed by atoms with Gasteiger partial charge in [0.25, 0.3) is 0 Å². The second-order valence-electron chi connectivity index (χ2n) is 10.4. The SMILES string of the molecule is CCCCCC(=O)Oc1ccc(C[C@H](N)C(=O)O[C@@H](C)[C@H](C)OC(=O)C(C)CCC)cc1OC(=O)CCCCC. The summed E-state index contributed by atoms with van der Waals surface area (Å²) in [4.78, 5) is 49.6. The van der Waals surface area contributed by atoms with E-state index in [1.54, 1.807) is 39.0 Å². The van der Waals surface area contributed by atoms with Crippen LogP contribution in [0.4, 0.5) is 0 Å². The summed E-state index contributed by atoms with van der Waals surface area (Å²) in [6, 6.07) is 3.75. The van der Waals surface area contributed by atoms with Gasteiger partial charge >= 0.3 is 23.9 Å². The van der Waals surface area contributed by atoms with E-state index in [9.17, 15) is 19.2 Å². The van der Waals surface area contributed by atoms with Crippen molar-refractivity contribution in [2.45, 2.75) is 130 Å². The number of hydrogen-bond donors (Lipinski definition) is 1. The minimum atomic E-state index is -1.01. The maximum absolute atomic E-state index is 12.7. The highest BCUT2D eigenvalue weighted by atomic mass is 16.6. The Kier molecular flexibility index (Phi) is 16.8. The number of hydrogen-bond acceptors (Lipinski definition) is 9. The van der Waals surface area contributed by atoms with Crippen molar-refractivity contribution in [2.75, 3.05) is 0 Å². The van der Waals surface area contributed by atoms with Gasteiger partial charge in [-0.25, -0.2) is 0 Å². The van der Waals surface area contributed by atoms with Gasteiger partial charge in [0.2, 0.25) is 0 Å². The van der Waals surface area contributed by atoms with Crippen molar-refractivity contribution >= 4 is 23.9 Å². The quantitative estimate of drug-likeness (QED) is 0.125. The Bertz CT molecular complexity index is 947. The maximum Gasteiger partial charge on any atom is 0.323 e. The van der Waals surface area contributed by atoms with Crippen LogP contribution in [0.15, 0.2) is 18.2 Å². The molecular formula is C31H49NO8. The molecule has 9 heteroatoms. The van der Waals surface area contributed by atoms with Crippen molar-refractivity contribution in [3.8, 4) is 11.5 Å². The lowest BCUT2D eigenvalue weighted by Crippen LogP contribution is -2.40. The number of benzene rings is 1. The van der Waals surface area contributed by atoms with Crippen LogP contribution in [0.2, 0.25) is 0 Å². The lowest BCUT2D eigenvalue weighted by molar-refractivity contribution is -0.168. The molecular weight excluding hydrogens is 514 g/mol. The standard InChI is InChI=1S/C31H49NO8/c1-7-10-12-15-28(33)39-26-18-17-24(20-27(26)40-29(34)16-13-11-8-2)19-25(32)31(36)38-23(6)22(5)37-30(35)21(4)14-9-3/h17-18,20-23,25H,7-16,19,32H2,1-6H3/t21?,22-,23-,25-/m0/s1. The first-order chi connectivity index (χ1) is 19.0. The monoisotopic (exact) mass is 563 g/mol. The van der Waals surface area contributed by atoms with Gasteiger partial charge in [0.05, 0.1) is 5.92 Å². The summed E-state index contributed by atoms with van der Waals surface area (Å²) in [5.41, 5.74) is 6.73. The molecule has 2 N–H and O–H groups in total. The summed E-state index contributed by atoms with van der Waals surface area (Å²) in [5.74, 6) is -1.79. The summed E-state index contributed by atoms with van der Waals surface area (Å²) in [6.45, 7) is 11.2. The van der Waals surface area contributed by atoms with E-state index >= 15 is 0 Å². The van der Waals surface area contributed by atoms with E-state index < -0.39 is 36.2 Å². The third kappa shape index (κ3) is 13.4. The number of carbonyl (C=O) groups is 4. The van der Waals surface area contributed by atoms with Gasteiger partial charge in [-0.1, -0.05) is 65.9 Å². The summed E-state index contributed by atoms with van der Waals surface area (Å²) >= 11 is 0. The molecule has 1 unspecified atom stereocenters. The summed E-state index contributed by atoms with van der Waals surface area (Å²) < 4.78 is 21.9. The fourth-order valence-corrected chi connectivity index (χ4v) is 3.88. The predicted octanol–water partition coefficient (Wildman–Crippen LogP) is 5.83. The smallest absolute Gasteiger partial charge is 0.323 e. The number of unbranched alkanes of at least 4 members (excludes halogenated alkanes) is 4. The minimum Gasteiger partial charge on any atom is -0.459 e. The minimum absolute atomic E-state index is 0.0956. The van der Waals surface area contributed by atoms with E-state index in [1.165, 1.54) is 0 Å². The van der Waals surface area contributed by atoms with Gasteiger partial charge in [-0.15, -0.1) is 0 Å². The van der Waals surface area contributed by atoms with Gasteiger partial charge in [-0.3, -0.25) is 19.2 Å². The molecule has 0 aliphatic rings. The maximum atomic E-state index is 12.7. The van der Waals surface area contributed by atoms with Gasteiger partial charge in [0.1, 0.15) is 18.2 Å². The van der Waals surface area contributed by atoms with E-state index in [4.69, 9.17) is 24.7 Å². The number of ether oxygens (including phenoxy) is 4. The Morgan fingerprint density at radius 1 is 0.725 bits per heavy atom. The zero-order valence-electron chi connectivity index (χ0n) is 25.2. The predicted molar refractivity (Wildman–Crippen MR) is 153 cm³/mol. The Balaban J connectivity index is 2.88. The molecule has 0 heterocycles. The Labute approximate surface area is 239 Å². The molecule has 4 atom stereocenters. The number of esters is 4. The lowest BCUT2D eigenvalue weighted by Gasteiger charge is -2.23. The summed E-state index contributed by atoms with van der Waals surface area (Å²) in [5, 5.41) is 0. The van der Waals surface area contributed by atoms with Crippen LogP contribution in [0.3, 0.4) is 0 Å². The summed E-state index contributed by atoms with van der Waals surface area (Å²) in [7, 11) is 0. The lowest BCUT2D eigenvalue weighted by atomic mass is 10.1. The van der Waals surface area contributed by atoms with Crippen LogP contribution in [0.1, 0.15) is 111 Å². The fourth-order valence-electron chi connectivity index (χ4n) is 3.88. The third-order valence-corrected chi connectivity index (χ3v) is 6.57. The van der Waals surface area contributed by atoms with Crippen LogP contribution in [-0.2, 0) is 35.1 Å². The number of nitrogens with two attached hydrogens (primary N) is 1. The Morgan fingerprint density at radius 2 is 1.25 bits per heavy atom. The highest BCUT2D eigenvalue weighted by Crippen LogP contribution is 2.30. The van der Waals surface area contributed by atoms with Crippen molar-refractivity contribution < 1.29 is 38.1 Å². The molecule has 0 spiro atoms. The van der Waals surface area contributed by atoms with E-state index in [2.05, 4.69) is 0 Å². The molecule has 9 nitrogen and oxygen atoms in total. The van der Waals surface area contributed by atoms with Crippen LogP contribution >= 0.6 is 0 Å². The van der Waals surface area contributed by atoms with Gasteiger partial charge in [-0.2, -0.15) is 0 Å². The Morgan fingerprint density at radius 3 is 1.77 bits per heavy atom. The van der Waals surface area contributed by atoms with Gasteiger partial charge < -0.3 is 24.7 Å². The van der Waals surface area contributed by atoms with Crippen LogP contribution in [0.5, 0.6) is 11.5 Å². The van der Waals surface area contributed by atoms with E-state index in [0.29, 0.717) is 18.4 Å². The average molecular weight is 564 g/mol. The molecule has 226 valence electrons. The highest BCUT2D eigenvalue weighted by Gasteiger charge is 2.26. The van der Waals surface area contributed by atoms with E-state index in [1.807, 2.05) is 20.8 Å². The van der Waals surface area contributed by atoms with Crippen molar-refractivity contribution in [2.24, 2.45) is 11.7 Å². The molecule has 40 heavy (non-hydrogen) atoms. The Hall–Kier alpha value is -2.94. The van der Waals surface area contributed by atoms with Crippen LogP contribution in [0.25, 0.3) is 0 Å². The number of rotatable bonds is 19. The zero-order chi connectivity index (χ0) is 30.1. The molecule has 0 bridgehead atoms. The molecule has 0 radical (unpaired) electrons. The second-order valence-corrected chi connectivity index (χ2v) is 10.4. The second kappa shape index (κ2) is 19.2. The number of carbonyl (C=O) groups excluding carboxylic acids is 4. The molecule has 1 aromatic carbocycles. The first-order valence-electron chi connectivity index (χ1n) is 14.7. The van der Waals surface area contributed by atoms with Crippen LogP contribution in [-0.4, -0.2) is 42.1 Å². The summed E-state index contributed by atoms with van der Waals surface area (Å²) in [6.07, 6.45) is 6.04. The molecule has 0 fully saturated rings. The van der Waals surface area contributed by atoms with Gasteiger partial charge in [-0.05, 0) is 57.2 Å². The normalized spacial score (nSPS) is 14.0. The highest BCUT2D eigenvalue weighted by molar-refractivity contribution is 5.77. The first kappa shape index (κ1) is 35.1. The molecule has 0 aromatic heterocycles. The molecule has 0 aliphatic carbocycles. The van der Waals surface area contributed by atoms with E-state index in [-0.39, 0.29) is 42.6 Å². The zero-order valence-corrected chi connectivity index (χ0v) is 25.2. The van der Waals surface area contributed by atoms with Crippen LogP contribution in [0, 0.1) is 5.92 Å². The molecule has 0 saturated carbocycles. The molecule has 0 saturated heterocycles. The largest absolute Gasteiger partial charge is 0.459 e.